The first-order valence-corrected chi connectivity index (χ1v) is 7.58. The Kier molecular flexibility index (Phi) is 4.67. The van der Waals surface area contributed by atoms with E-state index in [2.05, 4.69) is 5.32 Å². The lowest BCUT2D eigenvalue weighted by atomic mass is 10.1. The number of anilines is 2. The molecule has 7 nitrogen and oxygen atoms in total. The number of allylic oxidation sites excluding steroid dienone is 1. The first-order chi connectivity index (χ1) is 12.0. The maximum absolute atomic E-state index is 10.9. The summed E-state index contributed by atoms with van der Waals surface area (Å²) in [6.07, 6.45) is 3.57. The van der Waals surface area contributed by atoms with Crippen molar-refractivity contribution in [3.05, 3.63) is 60.3 Å². The minimum atomic E-state index is -0.963. The average Bonchev–Trinajstić information content (AvgIpc) is 2.59. The SMILES string of the molecule is O=C(O)c1ccc2c(c1)Oc1ccccc1N2.O=C1CC=CN(O)C1. The molecule has 0 radical (unpaired) electrons. The summed E-state index contributed by atoms with van der Waals surface area (Å²) in [6, 6.07) is 12.3. The summed E-state index contributed by atoms with van der Waals surface area (Å²) in [5, 5.41) is 21.6. The van der Waals surface area contributed by atoms with Crippen molar-refractivity contribution in [3.63, 3.8) is 0 Å². The largest absolute Gasteiger partial charge is 0.478 e. The zero-order valence-corrected chi connectivity index (χ0v) is 13.2. The number of rotatable bonds is 1. The van der Waals surface area contributed by atoms with Crippen molar-refractivity contribution < 1.29 is 24.6 Å². The molecule has 0 aliphatic carbocycles. The van der Waals surface area contributed by atoms with E-state index in [1.807, 2.05) is 24.3 Å². The van der Waals surface area contributed by atoms with Crippen LogP contribution < -0.4 is 10.1 Å². The number of ketones is 1. The molecule has 128 valence electrons. The summed E-state index contributed by atoms with van der Waals surface area (Å²) < 4.78 is 5.64. The molecule has 7 heteroatoms. The third kappa shape index (κ3) is 3.96. The lowest BCUT2D eigenvalue weighted by Crippen LogP contribution is -2.24. The molecule has 2 aliphatic heterocycles. The number of hydrogen-bond acceptors (Lipinski definition) is 6. The highest BCUT2D eigenvalue weighted by Crippen LogP contribution is 2.41. The van der Waals surface area contributed by atoms with E-state index < -0.39 is 5.97 Å². The average molecular weight is 340 g/mol. The lowest BCUT2D eigenvalue weighted by Gasteiger charge is -2.21. The molecule has 0 atom stereocenters. The van der Waals surface area contributed by atoms with Gasteiger partial charge in [-0.05, 0) is 30.3 Å². The van der Waals surface area contributed by atoms with Crippen LogP contribution in [-0.4, -0.2) is 33.7 Å². The number of hydrogen-bond donors (Lipinski definition) is 3. The fourth-order valence-corrected chi connectivity index (χ4v) is 2.37. The Morgan fingerprint density at radius 1 is 1.12 bits per heavy atom. The molecule has 0 saturated carbocycles. The van der Waals surface area contributed by atoms with E-state index in [1.54, 1.807) is 18.2 Å². The van der Waals surface area contributed by atoms with Crippen molar-refractivity contribution in [1.82, 2.24) is 5.06 Å². The van der Waals surface area contributed by atoms with Gasteiger partial charge < -0.3 is 15.2 Å². The molecule has 2 aromatic rings. The Bertz CT molecular complexity index is 847. The van der Waals surface area contributed by atoms with Gasteiger partial charge in [-0.2, -0.15) is 0 Å². The second-order valence-electron chi connectivity index (χ2n) is 5.46. The van der Waals surface area contributed by atoms with Gasteiger partial charge in [-0.1, -0.05) is 18.2 Å². The molecule has 0 aromatic heterocycles. The number of ether oxygens (including phenoxy) is 1. The smallest absolute Gasteiger partial charge is 0.335 e. The van der Waals surface area contributed by atoms with E-state index in [1.165, 1.54) is 12.3 Å². The molecule has 0 bridgehead atoms. The maximum Gasteiger partial charge on any atom is 0.335 e. The third-order valence-corrected chi connectivity index (χ3v) is 3.57. The number of carboxylic acids is 1. The molecule has 0 saturated heterocycles. The zero-order valence-electron chi connectivity index (χ0n) is 13.2. The Balaban J connectivity index is 0.000000192. The minimum absolute atomic E-state index is 0.0509. The standard InChI is InChI=1S/C13H9NO3.C5H7NO2/c15-13(16)8-5-6-10-12(7-8)17-11-4-2-1-3-9(11)14-10;7-5-2-1-3-6(8)4-5/h1-7,14H,(H,15,16);1,3,8H,2,4H2. The molecule has 0 unspecified atom stereocenters. The van der Waals surface area contributed by atoms with Crippen LogP contribution in [-0.2, 0) is 4.79 Å². The third-order valence-electron chi connectivity index (χ3n) is 3.57. The summed E-state index contributed by atoms with van der Waals surface area (Å²) in [7, 11) is 0. The number of aromatic carboxylic acids is 1. The number of carbonyl (C=O) groups excluding carboxylic acids is 1. The number of nitrogens with one attached hydrogen (secondary N) is 1. The Morgan fingerprint density at radius 3 is 2.56 bits per heavy atom. The fourth-order valence-electron chi connectivity index (χ4n) is 2.37. The molecule has 0 fully saturated rings. The maximum atomic E-state index is 10.9. The molecule has 0 amide bonds. The minimum Gasteiger partial charge on any atom is -0.478 e. The van der Waals surface area contributed by atoms with E-state index in [-0.39, 0.29) is 17.9 Å². The normalized spacial score (nSPS) is 14.3. The summed E-state index contributed by atoms with van der Waals surface area (Å²) >= 11 is 0. The highest BCUT2D eigenvalue weighted by molar-refractivity contribution is 5.90. The Hall–Kier alpha value is -3.32. The number of benzene rings is 2. The van der Waals surface area contributed by atoms with Crippen LogP contribution in [0.1, 0.15) is 16.8 Å². The molecule has 25 heavy (non-hydrogen) atoms. The second-order valence-corrected chi connectivity index (χ2v) is 5.46. The number of carbonyl (C=O) groups is 2. The molecule has 4 rings (SSSR count). The number of fused-ring (bicyclic) bond motifs is 2. The first-order valence-electron chi connectivity index (χ1n) is 7.58. The van der Waals surface area contributed by atoms with Gasteiger partial charge in [-0.25, -0.2) is 4.79 Å². The van der Waals surface area contributed by atoms with E-state index in [4.69, 9.17) is 15.1 Å². The van der Waals surface area contributed by atoms with Gasteiger partial charge in [0.25, 0.3) is 0 Å². The topological polar surface area (TPSA) is 99.1 Å². The van der Waals surface area contributed by atoms with Crippen LogP contribution in [0.4, 0.5) is 11.4 Å². The summed E-state index contributed by atoms with van der Waals surface area (Å²) in [5.74, 6) is 0.316. The predicted octanol–water partition coefficient (Wildman–Crippen LogP) is 3.40. The van der Waals surface area contributed by atoms with Crippen molar-refractivity contribution in [3.8, 4) is 11.5 Å². The predicted molar refractivity (Wildman–Crippen MR) is 90.5 cm³/mol. The van der Waals surface area contributed by atoms with E-state index in [0.717, 1.165) is 16.4 Å². The van der Waals surface area contributed by atoms with Crippen LogP contribution in [0.15, 0.2) is 54.7 Å². The highest BCUT2D eigenvalue weighted by atomic mass is 16.5. The fraction of sp³-hybridized carbons (Fsp3) is 0.111. The van der Waals surface area contributed by atoms with Gasteiger partial charge in [-0.3, -0.25) is 15.1 Å². The number of hydroxylamine groups is 2. The first kappa shape index (κ1) is 16.5. The monoisotopic (exact) mass is 340 g/mol. The van der Waals surface area contributed by atoms with Crippen LogP contribution in [0.3, 0.4) is 0 Å². The number of para-hydroxylation sites is 2. The molecule has 3 N–H and O–H groups in total. The van der Waals surface area contributed by atoms with Gasteiger partial charge >= 0.3 is 5.97 Å². The van der Waals surface area contributed by atoms with E-state index >= 15 is 0 Å². The highest BCUT2D eigenvalue weighted by Gasteiger charge is 2.17. The molecule has 2 aromatic carbocycles. The summed E-state index contributed by atoms with van der Waals surface area (Å²) in [4.78, 5) is 21.3. The summed E-state index contributed by atoms with van der Waals surface area (Å²) in [6.45, 7) is 0.135. The van der Waals surface area contributed by atoms with Crippen molar-refractivity contribution in [1.29, 1.82) is 0 Å². The quantitative estimate of drug-likeness (QED) is 0.624. The van der Waals surface area contributed by atoms with Crippen molar-refractivity contribution in [2.75, 3.05) is 11.9 Å². The van der Waals surface area contributed by atoms with Gasteiger partial charge in [0.2, 0.25) is 0 Å². The van der Waals surface area contributed by atoms with Crippen molar-refractivity contribution >= 4 is 23.1 Å². The van der Waals surface area contributed by atoms with Crippen LogP contribution >= 0.6 is 0 Å². The zero-order chi connectivity index (χ0) is 17.8. The second kappa shape index (κ2) is 7.06. The van der Waals surface area contributed by atoms with Crippen LogP contribution in [0.25, 0.3) is 0 Å². The van der Waals surface area contributed by atoms with E-state index in [9.17, 15) is 9.59 Å². The number of Topliss-reactive ketones (excluding diaryl/α,β-unsaturated/α-hetero) is 1. The number of carboxylic acid groups (broad SMARTS) is 1. The Labute approximate surface area is 143 Å². The van der Waals surface area contributed by atoms with Gasteiger partial charge in [0, 0.05) is 12.6 Å². The van der Waals surface area contributed by atoms with Crippen LogP contribution in [0.2, 0.25) is 0 Å². The van der Waals surface area contributed by atoms with E-state index in [0.29, 0.717) is 17.9 Å². The molecule has 2 aliphatic rings. The van der Waals surface area contributed by atoms with Crippen molar-refractivity contribution in [2.24, 2.45) is 0 Å². The lowest BCUT2D eigenvalue weighted by molar-refractivity contribution is -0.128. The van der Waals surface area contributed by atoms with Crippen LogP contribution in [0.5, 0.6) is 11.5 Å². The van der Waals surface area contributed by atoms with Gasteiger partial charge in [0.05, 0.1) is 16.9 Å². The number of nitrogens with zero attached hydrogens (tertiary/aromatic N) is 1. The molecule has 2 heterocycles. The van der Waals surface area contributed by atoms with Gasteiger partial charge in [0.1, 0.15) is 6.54 Å². The molecular formula is C18H16N2O5. The van der Waals surface area contributed by atoms with Crippen molar-refractivity contribution in [2.45, 2.75) is 6.42 Å². The molecule has 0 spiro atoms. The Morgan fingerprint density at radius 2 is 1.88 bits per heavy atom. The van der Waals surface area contributed by atoms with Gasteiger partial charge in [-0.15, -0.1) is 0 Å². The summed E-state index contributed by atoms with van der Waals surface area (Å²) in [5.41, 5.74) is 1.86. The van der Waals surface area contributed by atoms with Crippen LogP contribution in [0, 0.1) is 0 Å². The molecular weight excluding hydrogens is 324 g/mol. The van der Waals surface area contributed by atoms with Gasteiger partial charge in [0.15, 0.2) is 17.3 Å².